The lowest BCUT2D eigenvalue weighted by molar-refractivity contribution is -0.153. The van der Waals surface area contributed by atoms with Crippen LogP contribution >= 0.6 is 23.5 Å². The molecule has 252 valence electrons. The molecule has 4 aliphatic rings. The van der Waals surface area contributed by atoms with Crippen LogP contribution in [0.3, 0.4) is 0 Å². The molecule has 0 bridgehead atoms. The second-order valence-corrected chi connectivity index (χ2v) is 14.1. The number of carbonyl (C=O) groups is 2. The van der Waals surface area contributed by atoms with E-state index >= 15 is 0 Å². The van der Waals surface area contributed by atoms with Crippen LogP contribution in [0.15, 0.2) is 22.6 Å². The maximum Gasteiger partial charge on any atom is 0.413 e. The Morgan fingerprint density at radius 1 is 0.818 bits per heavy atom. The van der Waals surface area contributed by atoms with Crippen LogP contribution in [0.5, 0.6) is 0 Å². The predicted octanol–water partition coefficient (Wildman–Crippen LogP) is 1.06. The molecule has 17 heteroatoms. The van der Waals surface area contributed by atoms with Crippen LogP contribution in [-0.4, -0.2) is 126 Å². The first-order chi connectivity index (χ1) is 20.4. The molecular formula is C27H46N4O11S2. The zero-order valence-corrected chi connectivity index (χ0v) is 27.8. The molecule has 7 N–H and O–H groups in total. The van der Waals surface area contributed by atoms with Gasteiger partial charge in [0.1, 0.15) is 64.7 Å². The highest BCUT2D eigenvalue weighted by atomic mass is 32.2. The normalized spacial score (nSPS) is 34.3. The minimum atomic E-state index is -1.09. The quantitative estimate of drug-likeness (QED) is 0.205. The van der Waals surface area contributed by atoms with E-state index in [0.717, 1.165) is 7.11 Å². The predicted molar refractivity (Wildman–Crippen MR) is 166 cm³/mol. The minimum absolute atomic E-state index is 0.301. The van der Waals surface area contributed by atoms with Gasteiger partial charge in [-0.2, -0.15) is 0 Å². The third-order valence-electron chi connectivity index (χ3n) is 6.11. The van der Waals surface area contributed by atoms with Crippen LogP contribution in [0.25, 0.3) is 0 Å². The van der Waals surface area contributed by atoms with Gasteiger partial charge >= 0.3 is 12.2 Å². The number of hydrogen-bond acceptors (Lipinski definition) is 15. The lowest BCUT2D eigenvalue weighted by Crippen LogP contribution is -2.54. The summed E-state index contributed by atoms with van der Waals surface area (Å²) in [5.74, 6) is 0. The molecule has 2 saturated heterocycles. The Balaban J connectivity index is 0.000000291. The SMILES string of the molecule is C=C[C@H]1O[C@@H]2SC(NC(=O)OC(C)(C)C)=N[C@@H]2[C@@H](O)[C@@H]1O.CC[C@H]1O[C@@H]2SC(NC(=O)OC(C)(C)C)=N[C@@H]2[C@@H](O)[C@@H]1O.CO. The van der Waals surface area contributed by atoms with Crippen molar-refractivity contribution in [1.29, 1.82) is 0 Å². The van der Waals surface area contributed by atoms with Crippen LogP contribution in [0, 0.1) is 0 Å². The van der Waals surface area contributed by atoms with Gasteiger partial charge in [-0.1, -0.05) is 36.5 Å². The number of ether oxygens (including phenoxy) is 4. The van der Waals surface area contributed by atoms with Crippen LogP contribution in [0.1, 0.15) is 54.9 Å². The highest BCUT2D eigenvalue weighted by Crippen LogP contribution is 2.37. The molecule has 0 unspecified atom stereocenters. The summed E-state index contributed by atoms with van der Waals surface area (Å²) in [4.78, 5) is 31.8. The van der Waals surface area contributed by atoms with Gasteiger partial charge in [0.25, 0.3) is 0 Å². The van der Waals surface area contributed by atoms with Crippen LogP contribution in [-0.2, 0) is 18.9 Å². The summed E-state index contributed by atoms with van der Waals surface area (Å²) in [6, 6.07) is -1.22. The number of aliphatic hydroxyl groups excluding tert-OH is 5. The molecule has 4 aliphatic heterocycles. The van der Waals surface area contributed by atoms with E-state index in [1.165, 1.54) is 29.6 Å². The smallest absolute Gasteiger partial charge is 0.413 e. The van der Waals surface area contributed by atoms with Gasteiger partial charge in [0.15, 0.2) is 10.3 Å². The molecular weight excluding hydrogens is 620 g/mol. The van der Waals surface area contributed by atoms with Crippen molar-refractivity contribution in [2.45, 2.75) is 126 Å². The second kappa shape index (κ2) is 16.0. The van der Waals surface area contributed by atoms with Crippen LogP contribution in [0.4, 0.5) is 9.59 Å². The average Bonchev–Trinajstić information content (AvgIpc) is 3.51. The molecule has 0 aromatic rings. The van der Waals surface area contributed by atoms with Crippen LogP contribution < -0.4 is 10.6 Å². The Morgan fingerprint density at radius 2 is 1.23 bits per heavy atom. The fourth-order valence-electron chi connectivity index (χ4n) is 4.25. The monoisotopic (exact) mass is 666 g/mol. The number of rotatable bonds is 2. The molecule has 44 heavy (non-hydrogen) atoms. The molecule has 0 aromatic heterocycles. The van der Waals surface area contributed by atoms with Crippen molar-refractivity contribution >= 4 is 46.0 Å². The second-order valence-electron chi connectivity index (χ2n) is 12.0. The number of carbonyl (C=O) groups excluding carboxylic acids is 2. The molecule has 4 rings (SSSR count). The summed E-state index contributed by atoms with van der Waals surface area (Å²) in [7, 11) is 1.00. The van der Waals surface area contributed by atoms with E-state index in [1.807, 2.05) is 6.92 Å². The maximum atomic E-state index is 11.7. The van der Waals surface area contributed by atoms with Gasteiger partial charge < -0.3 is 44.5 Å². The van der Waals surface area contributed by atoms with Crippen molar-refractivity contribution in [2.75, 3.05) is 7.11 Å². The number of thioether (sulfide) groups is 2. The number of amides is 2. The van der Waals surface area contributed by atoms with E-state index in [2.05, 4.69) is 27.2 Å². The first-order valence-corrected chi connectivity index (χ1v) is 15.8. The summed E-state index contributed by atoms with van der Waals surface area (Å²) in [6.45, 7) is 16.0. The van der Waals surface area contributed by atoms with Crippen molar-refractivity contribution < 1.29 is 54.1 Å². The summed E-state index contributed by atoms with van der Waals surface area (Å²) >= 11 is 2.39. The zero-order chi connectivity index (χ0) is 33.6. The Bertz CT molecular complexity index is 1070. The summed E-state index contributed by atoms with van der Waals surface area (Å²) in [5.41, 5.74) is -2.09. The molecule has 4 heterocycles. The fourth-order valence-corrected chi connectivity index (χ4v) is 6.44. The lowest BCUT2D eigenvalue weighted by Gasteiger charge is -2.37. The molecule has 10 atom stereocenters. The largest absolute Gasteiger partial charge is 0.444 e. The maximum absolute atomic E-state index is 11.7. The lowest BCUT2D eigenvalue weighted by atomic mass is 9.97. The van der Waals surface area contributed by atoms with Gasteiger partial charge in [0.05, 0.1) is 6.10 Å². The topological polar surface area (TPSA) is 221 Å². The van der Waals surface area contributed by atoms with Gasteiger partial charge in [-0.05, 0) is 48.0 Å². The molecule has 2 fully saturated rings. The third-order valence-corrected chi connectivity index (χ3v) is 8.22. The highest BCUT2D eigenvalue weighted by molar-refractivity contribution is 8.14. The Hall–Kier alpha value is -1.96. The van der Waals surface area contributed by atoms with Crippen LogP contribution in [0.2, 0.25) is 0 Å². The summed E-state index contributed by atoms with van der Waals surface area (Å²) in [5, 5.41) is 52.6. The molecule has 0 saturated carbocycles. The van der Waals surface area contributed by atoms with Crippen molar-refractivity contribution in [3.63, 3.8) is 0 Å². The summed E-state index contributed by atoms with van der Waals surface area (Å²) in [6.07, 6.45) is -4.42. The van der Waals surface area contributed by atoms with Crippen molar-refractivity contribution in [2.24, 2.45) is 9.98 Å². The van der Waals surface area contributed by atoms with Crippen molar-refractivity contribution in [3.05, 3.63) is 12.7 Å². The molecule has 0 aliphatic carbocycles. The third kappa shape index (κ3) is 10.6. The van der Waals surface area contributed by atoms with Crippen molar-refractivity contribution in [1.82, 2.24) is 10.6 Å². The Labute approximate surface area is 265 Å². The highest BCUT2D eigenvalue weighted by Gasteiger charge is 2.49. The zero-order valence-electron chi connectivity index (χ0n) is 26.2. The Morgan fingerprint density at radius 3 is 1.61 bits per heavy atom. The van der Waals surface area contributed by atoms with Gasteiger partial charge in [0, 0.05) is 7.11 Å². The first kappa shape index (κ1) is 38.2. The van der Waals surface area contributed by atoms with Gasteiger partial charge in [-0.15, -0.1) is 6.58 Å². The Kier molecular flexibility index (Phi) is 13.9. The fraction of sp³-hybridized carbons (Fsp3) is 0.778. The number of aliphatic imine (C=N–C) groups is 2. The molecule has 0 aromatic carbocycles. The van der Waals surface area contributed by atoms with E-state index in [1.54, 1.807) is 41.5 Å². The van der Waals surface area contributed by atoms with Gasteiger partial charge in [-0.3, -0.25) is 20.6 Å². The van der Waals surface area contributed by atoms with Gasteiger partial charge in [-0.25, -0.2) is 9.59 Å². The first-order valence-electron chi connectivity index (χ1n) is 14.0. The van der Waals surface area contributed by atoms with Gasteiger partial charge in [0.2, 0.25) is 0 Å². The van der Waals surface area contributed by atoms with E-state index < -0.39 is 83.0 Å². The van der Waals surface area contributed by atoms with E-state index in [0.29, 0.717) is 16.8 Å². The molecule has 15 nitrogen and oxygen atoms in total. The minimum Gasteiger partial charge on any atom is -0.444 e. The standard InChI is InChI=1S/C13H22N2O5S.C13H20N2O5S.CH4O/c2*1-5-6-8(16)9(17)7-10(19-6)21-11(14-7)15-12(18)20-13(2,3)4;1-2/h6-10,16-17H,5H2,1-4H3,(H,14,15,18);5-10,16-17H,1H2,2-4H3,(H,14,15,18);2H,1H3/t2*6-,7-,8-,9-,10-;/m11./s1. The van der Waals surface area contributed by atoms with E-state index in [9.17, 15) is 30.0 Å². The number of alkyl carbamates (subject to hydrolysis) is 2. The number of nitrogens with one attached hydrogen (secondary N) is 2. The number of hydrogen-bond donors (Lipinski definition) is 7. The van der Waals surface area contributed by atoms with E-state index in [-0.39, 0.29) is 0 Å². The number of aliphatic hydroxyl groups is 5. The van der Waals surface area contributed by atoms with Crippen molar-refractivity contribution in [3.8, 4) is 0 Å². The number of amidine groups is 2. The molecule has 0 spiro atoms. The molecule has 0 radical (unpaired) electrons. The molecule has 2 amide bonds. The average molecular weight is 667 g/mol. The van der Waals surface area contributed by atoms with E-state index in [4.69, 9.17) is 24.1 Å². The number of fused-ring (bicyclic) bond motifs is 2. The number of nitrogens with zero attached hydrogens (tertiary/aromatic N) is 2. The summed E-state index contributed by atoms with van der Waals surface area (Å²) < 4.78 is 21.6.